The lowest BCUT2D eigenvalue weighted by molar-refractivity contribution is 0.294. The average molecular weight is 160 g/mol. The van der Waals surface area contributed by atoms with Crippen LogP contribution < -0.4 is 5.73 Å². The minimum atomic E-state index is 0.803. The Bertz CT molecular complexity index is 95.6. The number of hydrogen-bond acceptors (Lipinski definition) is 3. The number of thioether (sulfide) groups is 1. The van der Waals surface area contributed by atoms with Crippen LogP contribution in [0, 0.1) is 0 Å². The summed E-state index contributed by atoms with van der Waals surface area (Å²) in [6.45, 7) is 6.61. The van der Waals surface area contributed by atoms with Crippen molar-refractivity contribution in [1.82, 2.24) is 4.90 Å². The third-order valence-corrected chi connectivity index (χ3v) is 2.91. The van der Waals surface area contributed by atoms with Crippen LogP contribution in [0.4, 0.5) is 0 Å². The molecule has 1 saturated heterocycles. The Morgan fingerprint density at radius 3 is 3.10 bits per heavy atom. The highest BCUT2D eigenvalue weighted by atomic mass is 32.2. The lowest BCUT2D eigenvalue weighted by atomic mass is 10.4. The van der Waals surface area contributed by atoms with Gasteiger partial charge in [-0.1, -0.05) is 6.92 Å². The molecule has 0 spiro atoms. The van der Waals surface area contributed by atoms with E-state index in [4.69, 9.17) is 5.73 Å². The number of nitrogens with two attached hydrogens (primary N) is 1. The summed E-state index contributed by atoms with van der Waals surface area (Å²) in [7, 11) is 0. The van der Waals surface area contributed by atoms with Crippen molar-refractivity contribution in [2.45, 2.75) is 12.2 Å². The van der Waals surface area contributed by atoms with Gasteiger partial charge in [0.15, 0.2) is 0 Å². The van der Waals surface area contributed by atoms with Crippen molar-refractivity contribution in [3.8, 4) is 0 Å². The lowest BCUT2D eigenvalue weighted by Crippen LogP contribution is -2.39. The molecule has 1 unspecified atom stereocenters. The van der Waals surface area contributed by atoms with E-state index in [1.165, 1.54) is 18.8 Å². The van der Waals surface area contributed by atoms with Crippen molar-refractivity contribution in [1.29, 1.82) is 0 Å². The van der Waals surface area contributed by atoms with E-state index in [1.807, 2.05) is 0 Å². The molecule has 0 aromatic carbocycles. The smallest absolute Gasteiger partial charge is 0.0147 e. The fourth-order valence-corrected chi connectivity index (χ4v) is 2.36. The van der Waals surface area contributed by atoms with Crippen LogP contribution in [0.1, 0.15) is 6.92 Å². The molecule has 1 fully saturated rings. The van der Waals surface area contributed by atoms with E-state index in [0.717, 1.165) is 18.3 Å². The van der Waals surface area contributed by atoms with E-state index in [-0.39, 0.29) is 0 Å². The molecule has 60 valence electrons. The molecular weight excluding hydrogens is 144 g/mol. The third-order valence-electron chi connectivity index (χ3n) is 1.77. The van der Waals surface area contributed by atoms with Crippen molar-refractivity contribution in [2.75, 3.05) is 31.9 Å². The Morgan fingerprint density at radius 1 is 1.70 bits per heavy atom. The number of nitrogens with zero attached hydrogens (tertiary/aromatic N) is 1. The average Bonchev–Trinajstić information content (AvgIpc) is 1.88. The summed E-state index contributed by atoms with van der Waals surface area (Å²) < 4.78 is 0. The second-order valence-corrected chi connectivity index (χ2v) is 4.32. The van der Waals surface area contributed by atoms with E-state index < -0.39 is 0 Å². The number of rotatable bonds is 2. The minimum Gasteiger partial charge on any atom is -0.329 e. The molecule has 1 aliphatic heterocycles. The Hall–Kier alpha value is 0.270. The lowest BCUT2D eigenvalue weighted by Gasteiger charge is -2.29. The molecule has 1 heterocycles. The minimum absolute atomic E-state index is 0.803. The standard InChI is InChI=1S/C7H16N2S/c1-7-6-9(3-2-8)4-5-10-7/h7H,2-6,8H2,1H3. The zero-order chi connectivity index (χ0) is 7.40. The molecule has 1 atom stereocenters. The Balaban J connectivity index is 2.18. The molecule has 0 amide bonds. The van der Waals surface area contributed by atoms with E-state index in [2.05, 4.69) is 23.6 Å². The normalized spacial score (nSPS) is 28.8. The first-order valence-electron chi connectivity index (χ1n) is 3.87. The van der Waals surface area contributed by atoms with Gasteiger partial charge in [0.25, 0.3) is 0 Å². The van der Waals surface area contributed by atoms with Gasteiger partial charge >= 0.3 is 0 Å². The van der Waals surface area contributed by atoms with Crippen LogP contribution in [0.15, 0.2) is 0 Å². The Labute approximate surface area is 67.1 Å². The molecule has 0 aromatic heterocycles. The Kier molecular flexibility index (Phi) is 3.52. The van der Waals surface area contributed by atoms with Gasteiger partial charge < -0.3 is 10.6 Å². The van der Waals surface area contributed by atoms with E-state index in [1.54, 1.807) is 0 Å². The summed E-state index contributed by atoms with van der Waals surface area (Å²) in [5.74, 6) is 1.28. The predicted octanol–water partition coefficient (Wildman–Crippen LogP) is 0.382. The molecule has 2 N–H and O–H groups in total. The van der Waals surface area contributed by atoms with E-state index in [9.17, 15) is 0 Å². The highest BCUT2D eigenvalue weighted by Gasteiger charge is 2.14. The Morgan fingerprint density at radius 2 is 2.50 bits per heavy atom. The molecule has 3 heteroatoms. The molecule has 0 aromatic rings. The molecule has 0 saturated carbocycles. The van der Waals surface area contributed by atoms with Crippen LogP contribution in [0.3, 0.4) is 0 Å². The van der Waals surface area contributed by atoms with Crippen LogP contribution in [-0.2, 0) is 0 Å². The van der Waals surface area contributed by atoms with Crippen molar-refractivity contribution in [2.24, 2.45) is 5.73 Å². The summed E-state index contributed by atoms with van der Waals surface area (Å²) >= 11 is 2.07. The number of hydrogen-bond donors (Lipinski definition) is 1. The van der Waals surface area contributed by atoms with Gasteiger partial charge in [-0.2, -0.15) is 11.8 Å². The maximum absolute atomic E-state index is 5.46. The van der Waals surface area contributed by atoms with Crippen molar-refractivity contribution >= 4 is 11.8 Å². The van der Waals surface area contributed by atoms with Gasteiger partial charge in [-0.3, -0.25) is 0 Å². The fourth-order valence-electron chi connectivity index (χ4n) is 1.28. The molecule has 1 rings (SSSR count). The zero-order valence-electron chi connectivity index (χ0n) is 6.55. The maximum Gasteiger partial charge on any atom is 0.0147 e. The first kappa shape index (κ1) is 8.37. The summed E-state index contributed by atoms with van der Waals surface area (Å²) in [5.41, 5.74) is 5.46. The molecular formula is C7H16N2S. The van der Waals surface area contributed by atoms with Crippen LogP contribution in [-0.4, -0.2) is 42.1 Å². The largest absolute Gasteiger partial charge is 0.329 e. The SMILES string of the molecule is CC1CN(CCN)CCS1. The quantitative estimate of drug-likeness (QED) is 0.633. The van der Waals surface area contributed by atoms with Crippen molar-refractivity contribution < 1.29 is 0 Å². The van der Waals surface area contributed by atoms with E-state index >= 15 is 0 Å². The second-order valence-electron chi connectivity index (χ2n) is 2.77. The van der Waals surface area contributed by atoms with Gasteiger partial charge in [0.05, 0.1) is 0 Å². The monoisotopic (exact) mass is 160 g/mol. The van der Waals surface area contributed by atoms with E-state index in [0.29, 0.717) is 0 Å². The van der Waals surface area contributed by atoms with Gasteiger partial charge in [0.1, 0.15) is 0 Å². The first-order valence-corrected chi connectivity index (χ1v) is 4.92. The molecule has 0 radical (unpaired) electrons. The van der Waals surface area contributed by atoms with Crippen LogP contribution in [0.5, 0.6) is 0 Å². The fraction of sp³-hybridized carbons (Fsp3) is 1.00. The summed E-state index contributed by atoms with van der Waals surface area (Å²) in [6.07, 6.45) is 0. The molecule has 10 heavy (non-hydrogen) atoms. The second kappa shape index (κ2) is 4.21. The maximum atomic E-state index is 5.46. The molecule has 0 bridgehead atoms. The predicted molar refractivity (Wildman–Crippen MR) is 47.4 cm³/mol. The molecule has 0 aliphatic carbocycles. The van der Waals surface area contributed by atoms with Gasteiger partial charge in [-0.15, -0.1) is 0 Å². The van der Waals surface area contributed by atoms with Gasteiger partial charge in [0.2, 0.25) is 0 Å². The van der Waals surface area contributed by atoms with Crippen molar-refractivity contribution in [3.63, 3.8) is 0 Å². The van der Waals surface area contributed by atoms with Gasteiger partial charge in [-0.05, 0) is 0 Å². The van der Waals surface area contributed by atoms with Gasteiger partial charge in [0, 0.05) is 37.2 Å². The molecule has 1 aliphatic rings. The molecule has 2 nitrogen and oxygen atoms in total. The van der Waals surface area contributed by atoms with Gasteiger partial charge in [-0.25, -0.2) is 0 Å². The van der Waals surface area contributed by atoms with Crippen LogP contribution >= 0.6 is 11.8 Å². The topological polar surface area (TPSA) is 29.3 Å². The highest BCUT2D eigenvalue weighted by molar-refractivity contribution is 7.99. The summed E-state index contributed by atoms with van der Waals surface area (Å²) in [4.78, 5) is 2.45. The zero-order valence-corrected chi connectivity index (χ0v) is 7.36. The third kappa shape index (κ3) is 2.48. The first-order chi connectivity index (χ1) is 4.83. The van der Waals surface area contributed by atoms with Crippen molar-refractivity contribution in [3.05, 3.63) is 0 Å². The van der Waals surface area contributed by atoms with Crippen LogP contribution in [0.25, 0.3) is 0 Å². The highest BCUT2D eigenvalue weighted by Crippen LogP contribution is 2.16. The summed E-state index contributed by atoms with van der Waals surface area (Å²) in [6, 6.07) is 0. The summed E-state index contributed by atoms with van der Waals surface area (Å²) in [5, 5.41) is 0.806. The van der Waals surface area contributed by atoms with Crippen LogP contribution in [0.2, 0.25) is 0 Å².